The highest BCUT2D eigenvalue weighted by molar-refractivity contribution is 7.99. The summed E-state index contributed by atoms with van der Waals surface area (Å²) in [5.41, 5.74) is 1.27. The van der Waals surface area contributed by atoms with Crippen LogP contribution in [0.3, 0.4) is 0 Å². The van der Waals surface area contributed by atoms with Gasteiger partial charge in [-0.1, -0.05) is 17.8 Å². The second-order valence-corrected chi connectivity index (χ2v) is 6.71. The molecule has 1 amide bonds. The molecule has 0 aliphatic carbocycles. The second kappa shape index (κ2) is 8.05. The summed E-state index contributed by atoms with van der Waals surface area (Å²) in [5, 5.41) is 11.7. The van der Waals surface area contributed by atoms with E-state index in [1.165, 1.54) is 23.9 Å². The number of anilines is 1. The van der Waals surface area contributed by atoms with E-state index in [0.717, 1.165) is 5.56 Å². The molecule has 3 heterocycles. The molecule has 28 heavy (non-hydrogen) atoms. The number of nitrogens with one attached hydrogen (secondary N) is 1. The maximum Gasteiger partial charge on any atom is 0.234 e. The molecule has 9 heteroatoms. The van der Waals surface area contributed by atoms with Crippen LogP contribution in [0.4, 0.5) is 10.1 Å². The third-order valence-electron chi connectivity index (χ3n) is 3.81. The molecule has 0 spiro atoms. The summed E-state index contributed by atoms with van der Waals surface area (Å²) in [4.78, 5) is 16.3. The van der Waals surface area contributed by atoms with Gasteiger partial charge in [-0.25, -0.2) is 9.07 Å². The Balaban J connectivity index is 1.55. The van der Waals surface area contributed by atoms with E-state index in [1.54, 1.807) is 24.5 Å². The van der Waals surface area contributed by atoms with E-state index >= 15 is 0 Å². The van der Waals surface area contributed by atoms with Gasteiger partial charge in [0.15, 0.2) is 5.82 Å². The van der Waals surface area contributed by atoms with Gasteiger partial charge >= 0.3 is 0 Å². The first-order valence-electron chi connectivity index (χ1n) is 8.38. The van der Waals surface area contributed by atoms with Crippen molar-refractivity contribution in [2.24, 2.45) is 0 Å². The Labute approximate surface area is 164 Å². The van der Waals surface area contributed by atoms with E-state index < -0.39 is 5.82 Å². The van der Waals surface area contributed by atoms with Crippen molar-refractivity contribution < 1.29 is 9.18 Å². The van der Waals surface area contributed by atoms with E-state index in [9.17, 15) is 9.18 Å². The van der Waals surface area contributed by atoms with Gasteiger partial charge in [-0.2, -0.15) is 0 Å². The molecule has 0 radical (unpaired) electrons. The molecule has 0 saturated heterocycles. The molecule has 0 aliphatic rings. The quantitative estimate of drug-likeness (QED) is 0.508. The normalized spacial score (nSPS) is 10.8. The fraction of sp³-hybridized carbons (Fsp3) is 0.0526. The SMILES string of the molecule is O=C(CSc1nnc(-c2ccncc2)n1-n1cccc1)Nc1cccc(F)c1. The summed E-state index contributed by atoms with van der Waals surface area (Å²) < 4.78 is 16.9. The van der Waals surface area contributed by atoms with Crippen molar-refractivity contribution in [3.63, 3.8) is 0 Å². The first kappa shape index (κ1) is 17.9. The molecule has 7 nitrogen and oxygen atoms in total. The number of benzene rings is 1. The lowest BCUT2D eigenvalue weighted by Gasteiger charge is -2.11. The minimum atomic E-state index is -0.403. The van der Waals surface area contributed by atoms with Crippen molar-refractivity contribution >= 4 is 23.4 Å². The average molecular weight is 394 g/mol. The number of carbonyl (C=O) groups is 1. The molecule has 4 rings (SSSR count). The number of amides is 1. The molecule has 3 aromatic heterocycles. The average Bonchev–Trinajstić information content (AvgIpc) is 3.36. The lowest BCUT2D eigenvalue weighted by atomic mass is 10.2. The third-order valence-corrected chi connectivity index (χ3v) is 4.73. The van der Waals surface area contributed by atoms with Gasteiger partial charge in [-0.05, 0) is 42.5 Å². The number of hydrogen-bond donors (Lipinski definition) is 1. The summed E-state index contributed by atoms with van der Waals surface area (Å²) in [6, 6.07) is 13.2. The monoisotopic (exact) mass is 394 g/mol. The highest BCUT2D eigenvalue weighted by Gasteiger charge is 2.17. The third kappa shape index (κ3) is 3.94. The Morgan fingerprint density at radius 1 is 1.07 bits per heavy atom. The van der Waals surface area contributed by atoms with Crippen LogP contribution in [0.2, 0.25) is 0 Å². The number of carbonyl (C=O) groups excluding carboxylic acids is 1. The van der Waals surface area contributed by atoms with E-state index in [0.29, 0.717) is 16.7 Å². The number of pyridine rings is 1. The summed E-state index contributed by atoms with van der Waals surface area (Å²) >= 11 is 1.24. The van der Waals surface area contributed by atoms with Crippen LogP contribution in [-0.4, -0.2) is 36.2 Å². The van der Waals surface area contributed by atoms with Gasteiger partial charge in [0.05, 0.1) is 5.75 Å². The van der Waals surface area contributed by atoms with Gasteiger partial charge in [0.2, 0.25) is 11.1 Å². The molecule has 0 atom stereocenters. The Kier molecular flexibility index (Phi) is 5.16. The number of halogens is 1. The van der Waals surface area contributed by atoms with Crippen LogP contribution in [0.25, 0.3) is 11.4 Å². The molecule has 4 aromatic rings. The van der Waals surface area contributed by atoms with Crippen molar-refractivity contribution in [1.82, 2.24) is 24.5 Å². The largest absolute Gasteiger partial charge is 0.325 e. The van der Waals surface area contributed by atoms with Crippen LogP contribution < -0.4 is 5.32 Å². The molecule has 140 valence electrons. The molecular weight excluding hydrogens is 379 g/mol. The van der Waals surface area contributed by atoms with Crippen LogP contribution in [0.5, 0.6) is 0 Å². The number of hydrogen-bond acceptors (Lipinski definition) is 5. The molecular formula is C19H15FN6OS. The lowest BCUT2D eigenvalue weighted by Crippen LogP contribution is -2.16. The van der Waals surface area contributed by atoms with Crippen molar-refractivity contribution in [3.05, 3.63) is 79.1 Å². The Morgan fingerprint density at radius 2 is 1.86 bits per heavy atom. The van der Waals surface area contributed by atoms with Gasteiger partial charge in [-0.15, -0.1) is 10.2 Å². The van der Waals surface area contributed by atoms with Crippen molar-refractivity contribution in [1.29, 1.82) is 0 Å². The minimum Gasteiger partial charge on any atom is -0.325 e. The van der Waals surface area contributed by atoms with Crippen molar-refractivity contribution in [2.45, 2.75) is 5.16 Å². The Morgan fingerprint density at radius 3 is 2.61 bits per heavy atom. The maximum absolute atomic E-state index is 13.3. The summed E-state index contributed by atoms with van der Waals surface area (Å²) in [7, 11) is 0. The van der Waals surface area contributed by atoms with Crippen LogP contribution in [0, 0.1) is 5.82 Å². The van der Waals surface area contributed by atoms with E-state index in [-0.39, 0.29) is 11.7 Å². The van der Waals surface area contributed by atoms with Gasteiger partial charge in [0.25, 0.3) is 0 Å². The summed E-state index contributed by atoms with van der Waals surface area (Å²) in [6.45, 7) is 0. The van der Waals surface area contributed by atoms with E-state index in [4.69, 9.17) is 0 Å². The Bertz CT molecular complexity index is 1080. The van der Waals surface area contributed by atoms with E-state index in [1.807, 2.05) is 46.0 Å². The zero-order valence-corrected chi connectivity index (χ0v) is 15.4. The molecule has 0 bridgehead atoms. The van der Waals surface area contributed by atoms with Crippen LogP contribution >= 0.6 is 11.8 Å². The number of rotatable bonds is 6. The van der Waals surface area contributed by atoms with Crippen molar-refractivity contribution in [2.75, 3.05) is 11.1 Å². The highest BCUT2D eigenvalue weighted by atomic mass is 32.2. The second-order valence-electron chi connectivity index (χ2n) is 5.76. The predicted molar refractivity (Wildman–Crippen MR) is 104 cm³/mol. The smallest absolute Gasteiger partial charge is 0.234 e. The number of aromatic nitrogens is 5. The molecule has 1 aromatic carbocycles. The van der Waals surface area contributed by atoms with Crippen LogP contribution in [0.15, 0.2) is 78.5 Å². The molecule has 0 unspecified atom stereocenters. The van der Waals surface area contributed by atoms with Gasteiger partial charge in [0.1, 0.15) is 5.82 Å². The number of thioether (sulfide) groups is 1. The topological polar surface area (TPSA) is 77.6 Å². The van der Waals surface area contributed by atoms with Crippen LogP contribution in [0.1, 0.15) is 0 Å². The molecule has 0 fully saturated rings. The summed E-state index contributed by atoms with van der Waals surface area (Å²) in [5.74, 6) is 0.0706. The van der Waals surface area contributed by atoms with Gasteiger partial charge in [-0.3, -0.25) is 14.5 Å². The number of nitrogens with zero attached hydrogens (tertiary/aromatic N) is 5. The summed E-state index contributed by atoms with van der Waals surface area (Å²) in [6.07, 6.45) is 7.10. The van der Waals surface area contributed by atoms with Crippen molar-refractivity contribution in [3.8, 4) is 11.4 Å². The van der Waals surface area contributed by atoms with Gasteiger partial charge in [0, 0.05) is 36.0 Å². The zero-order valence-electron chi connectivity index (χ0n) is 14.6. The first-order valence-corrected chi connectivity index (χ1v) is 9.37. The highest BCUT2D eigenvalue weighted by Crippen LogP contribution is 2.24. The van der Waals surface area contributed by atoms with Crippen LogP contribution in [-0.2, 0) is 4.79 Å². The lowest BCUT2D eigenvalue weighted by molar-refractivity contribution is -0.113. The molecule has 0 aliphatic heterocycles. The fourth-order valence-electron chi connectivity index (χ4n) is 2.60. The first-order chi connectivity index (χ1) is 13.7. The standard InChI is InChI=1S/C19H15FN6OS/c20-15-4-3-5-16(12-15)22-17(27)13-28-19-24-23-18(14-6-8-21-9-7-14)26(19)25-10-1-2-11-25/h1-12H,13H2,(H,22,27). The minimum absolute atomic E-state index is 0.103. The molecule has 1 N–H and O–H groups in total. The fourth-order valence-corrected chi connectivity index (χ4v) is 3.33. The maximum atomic E-state index is 13.3. The predicted octanol–water partition coefficient (Wildman–Crippen LogP) is 3.32. The molecule has 0 saturated carbocycles. The zero-order chi connectivity index (χ0) is 19.3. The van der Waals surface area contributed by atoms with E-state index in [2.05, 4.69) is 20.5 Å². The van der Waals surface area contributed by atoms with Gasteiger partial charge < -0.3 is 5.32 Å². The Hall–Kier alpha value is -3.46.